The minimum atomic E-state index is -0.488. The lowest BCUT2D eigenvalue weighted by molar-refractivity contribution is -0.120. The van der Waals surface area contributed by atoms with Crippen molar-refractivity contribution >= 4 is 23.1 Å². The van der Waals surface area contributed by atoms with Crippen LogP contribution in [-0.2, 0) is 9.59 Å². The van der Waals surface area contributed by atoms with Crippen LogP contribution in [0.15, 0.2) is 48.2 Å². The van der Waals surface area contributed by atoms with Crippen molar-refractivity contribution in [1.29, 1.82) is 0 Å². The lowest BCUT2D eigenvalue weighted by atomic mass is 9.97. The van der Waals surface area contributed by atoms with E-state index in [1.54, 1.807) is 11.9 Å². The lowest BCUT2D eigenvalue weighted by Crippen LogP contribution is -2.34. The van der Waals surface area contributed by atoms with Gasteiger partial charge in [0.15, 0.2) is 0 Å². The first-order valence-electron chi connectivity index (χ1n) is 8.63. The van der Waals surface area contributed by atoms with E-state index in [-0.39, 0.29) is 24.4 Å². The van der Waals surface area contributed by atoms with Crippen molar-refractivity contribution in [3.8, 4) is 0 Å². The molecule has 1 N–H and O–H groups in total. The second kappa shape index (κ2) is 7.32. The molecule has 6 heteroatoms. The number of rotatable bonds is 5. The zero-order valence-electron chi connectivity index (χ0n) is 15.5. The number of amides is 2. The molecule has 3 rings (SSSR count). The third-order valence-electron chi connectivity index (χ3n) is 4.61. The third-order valence-corrected chi connectivity index (χ3v) is 4.61. The number of benzene rings is 2. The van der Waals surface area contributed by atoms with Crippen LogP contribution in [0.2, 0.25) is 0 Å². The van der Waals surface area contributed by atoms with Gasteiger partial charge in [0.05, 0.1) is 17.9 Å². The van der Waals surface area contributed by atoms with E-state index in [1.807, 2.05) is 32.0 Å². The van der Waals surface area contributed by atoms with Crippen molar-refractivity contribution in [3.63, 3.8) is 0 Å². The number of anilines is 1. The fraction of sp³-hybridized carbons (Fsp3) is 0.238. The summed E-state index contributed by atoms with van der Waals surface area (Å²) in [6, 6.07) is 10.9. The number of aryl methyl sites for hydroxylation is 2. The first-order chi connectivity index (χ1) is 12.8. The number of imide groups is 1. The van der Waals surface area contributed by atoms with Gasteiger partial charge in [0.2, 0.25) is 0 Å². The Balaban J connectivity index is 2.16. The number of carbonyl (C=O) groups excluding carboxylic acids is 2. The maximum absolute atomic E-state index is 13.3. The average molecular weight is 368 g/mol. The molecule has 2 amide bonds. The molecule has 0 aromatic heterocycles. The Morgan fingerprint density at radius 3 is 2.30 bits per heavy atom. The Labute approximate surface area is 157 Å². The van der Waals surface area contributed by atoms with Crippen molar-refractivity contribution in [1.82, 2.24) is 4.90 Å². The fourth-order valence-electron chi connectivity index (χ4n) is 3.30. The quantitative estimate of drug-likeness (QED) is 0.825. The Kier molecular flexibility index (Phi) is 5.10. The highest BCUT2D eigenvalue weighted by Gasteiger charge is 2.42. The molecule has 0 bridgehead atoms. The van der Waals surface area contributed by atoms with Crippen molar-refractivity contribution in [2.45, 2.75) is 13.8 Å². The summed E-state index contributed by atoms with van der Waals surface area (Å²) in [7, 11) is 1.66. The molecule has 1 aliphatic rings. The highest BCUT2D eigenvalue weighted by Crippen LogP contribution is 2.35. The van der Waals surface area contributed by atoms with E-state index in [0.29, 0.717) is 11.3 Å². The average Bonchev–Trinajstić information content (AvgIpc) is 2.87. The van der Waals surface area contributed by atoms with Crippen LogP contribution in [0.3, 0.4) is 0 Å². The minimum absolute atomic E-state index is 0.155. The minimum Gasteiger partial charge on any atom is -0.395 e. The molecule has 0 fully saturated rings. The van der Waals surface area contributed by atoms with Crippen molar-refractivity contribution in [2.75, 3.05) is 25.1 Å². The van der Waals surface area contributed by atoms with Crippen molar-refractivity contribution in [2.24, 2.45) is 0 Å². The van der Waals surface area contributed by atoms with Gasteiger partial charge in [-0.15, -0.1) is 0 Å². The first-order valence-corrected chi connectivity index (χ1v) is 8.63. The number of aliphatic hydroxyl groups is 1. The van der Waals surface area contributed by atoms with Crippen molar-refractivity contribution < 1.29 is 19.1 Å². The van der Waals surface area contributed by atoms with Gasteiger partial charge in [-0.05, 0) is 49.2 Å². The number of halogens is 1. The predicted octanol–water partition coefficient (Wildman–Crippen LogP) is 2.65. The number of likely N-dealkylation sites (N-methyl/N-ethyl adjacent to an activating group) is 1. The van der Waals surface area contributed by atoms with Gasteiger partial charge in [-0.2, -0.15) is 0 Å². The van der Waals surface area contributed by atoms with Crippen LogP contribution in [0.5, 0.6) is 0 Å². The molecule has 0 saturated carbocycles. The second-order valence-electron chi connectivity index (χ2n) is 6.61. The molecule has 2 aromatic carbocycles. The van der Waals surface area contributed by atoms with Gasteiger partial charge in [-0.1, -0.05) is 23.8 Å². The number of aliphatic hydroxyl groups excluding tert-OH is 1. The lowest BCUT2D eigenvalue weighted by Gasteiger charge is -2.20. The van der Waals surface area contributed by atoms with Crippen LogP contribution in [0, 0.1) is 19.7 Å². The standard InChI is InChI=1S/C21H21FN2O3/c1-13-4-9-17(14(2)12-13)18-19(23(3)10-11-25)21(27)24(20(18)26)16-7-5-15(22)6-8-16/h4-9,12,25H,10-11H2,1-3H3. The van der Waals surface area contributed by atoms with E-state index in [2.05, 4.69) is 0 Å². The summed E-state index contributed by atoms with van der Waals surface area (Å²) in [6.07, 6.45) is 0. The van der Waals surface area contributed by atoms with Gasteiger partial charge in [0.25, 0.3) is 11.8 Å². The van der Waals surface area contributed by atoms with E-state index in [1.165, 1.54) is 24.3 Å². The third kappa shape index (κ3) is 3.36. The molecule has 1 aliphatic heterocycles. The van der Waals surface area contributed by atoms with Crippen LogP contribution in [0.25, 0.3) is 5.57 Å². The largest absolute Gasteiger partial charge is 0.395 e. The monoisotopic (exact) mass is 368 g/mol. The molecule has 5 nitrogen and oxygen atoms in total. The molecular formula is C21H21FN2O3. The summed E-state index contributed by atoms with van der Waals surface area (Å²) in [4.78, 5) is 29.0. The molecule has 0 aliphatic carbocycles. The summed E-state index contributed by atoms with van der Waals surface area (Å²) in [5, 5.41) is 9.29. The maximum Gasteiger partial charge on any atom is 0.282 e. The molecule has 0 atom stereocenters. The number of hydrogen-bond donors (Lipinski definition) is 1. The van der Waals surface area contributed by atoms with Crippen LogP contribution in [-0.4, -0.2) is 42.0 Å². The Bertz CT molecular complexity index is 935. The number of carbonyl (C=O) groups is 2. The zero-order chi connectivity index (χ0) is 19.7. The molecule has 0 saturated heterocycles. The van der Waals surface area contributed by atoms with E-state index < -0.39 is 17.6 Å². The Hall–Kier alpha value is -2.99. The fourth-order valence-corrected chi connectivity index (χ4v) is 3.30. The topological polar surface area (TPSA) is 60.9 Å². The molecule has 140 valence electrons. The summed E-state index contributed by atoms with van der Waals surface area (Å²) >= 11 is 0. The molecule has 2 aromatic rings. The SMILES string of the molecule is Cc1ccc(C2=C(N(C)CCO)C(=O)N(c3ccc(F)cc3)C2=O)c(C)c1. The van der Waals surface area contributed by atoms with Gasteiger partial charge in [0.1, 0.15) is 11.5 Å². The summed E-state index contributed by atoms with van der Waals surface area (Å²) < 4.78 is 13.3. The van der Waals surface area contributed by atoms with Crippen LogP contribution in [0.4, 0.5) is 10.1 Å². The Morgan fingerprint density at radius 2 is 1.70 bits per heavy atom. The first kappa shape index (κ1) is 18.8. The highest BCUT2D eigenvalue weighted by molar-refractivity contribution is 6.45. The molecule has 0 unspecified atom stereocenters. The molecule has 0 radical (unpaired) electrons. The predicted molar refractivity (Wildman–Crippen MR) is 101 cm³/mol. The van der Waals surface area contributed by atoms with Gasteiger partial charge < -0.3 is 10.0 Å². The van der Waals surface area contributed by atoms with Gasteiger partial charge in [0, 0.05) is 13.6 Å². The van der Waals surface area contributed by atoms with Crippen molar-refractivity contribution in [3.05, 3.63) is 70.7 Å². The van der Waals surface area contributed by atoms with E-state index in [4.69, 9.17) is 0 Å². The van der Waals surface area contributed by atoms with Crippen LogP contribution in [0.1, 0.15) is 16.7 Å². The smallest absolute Gasteiger partial charge is 0.282 e. The van der Waals surface area contributed by atoms with Gasteiger partial charge in [-0.25, -0.2) is 9.29 Å². The molecule has 1 heterocycles. The summed E-state index contributed by atoms with van der Waals surface area (Å²) in [5.74, 6) is -1.39. The summed E-state index contributed by atoms with van der Waals surface area (Å²) in [6.45, 7) is 3.89. The highest BCUT2D eigenvalue weighted by atomic mass is 19.1. The van der Waals surface area contributed by atoms with Gasteiger partial charge in [-0.3, -0.25) is 9.59 Å². The van der Waals surface area contributed by atoms with E-state index in [9.17, 15) is 19.1 Å². The van der Waals surface area contributed by atoms with Crippen LogP contribution < -0.4 is 4.90 Å². The Morgan fingerprint density at radius 1 is 1.04 bits per heavy atom. The number of hydrogen-bond acceptors (Lipinski definition) is 4. The van der Waals surface area contributed by atoms with Crippen LogP contribution >= 0.6 is 0 Å². The number of nitrogens with zero attached hydrogens (tertiary/aromatic N) is 2. The molecule has 27 heavy (non-hydrogen) atoms. The zero-order valence-corrected chi connectivity index (χ0v) is 15.5. The normalized spacial score (nSPS) is 14.3. The van der Waals surface area contributed by atoms with E-state index in [0.717, 1.165) is 16.0 Å². The maximum atomic E-state index is 13.3. The molecule has 0 spiro atoms. The van der Waals surface area contributed by atoms with Gasteiger partial charge >= 0.3 is 0 Å². The summed E-state index contributed by atoms with van der Waals surface area (Å²) in [5.41, 5.74) is 3.42. The molecular weight excluding hydrogens is 347 g/mol. The van der Waals surface area contributed by atoms with E-state index >= 15 is 0 Å². The second-order valence-corrected chi connectivity index (χ2v) is 6.61.